The summed E-state index contributed by atoms with van der Waals surface area (Å²) in [6, 6.07) is 0. The Hall–Kier alpha value is -3.15. The second-order valence-corrected chi connectivity index (χ2v) is 22.4. The zero-order valence-corrected chi connectivity index (χ0v) is 51.2. The normalized spacial score (nSPS) is 12.5. The lowest BCUT2D eigenvalue weighted by Gasteiger charge is -2.18. The lowest BCUT2D eigenvalue weighted by molar-refractivity contribution is -0.167. The molecule has 0 rings (SSSR count). The minimum Gasteiger partial charge on any atom is -0.462 e. The summed E-state index contributed by atoms with van der Waals surface area (Å²) in [6.45, 7) is 6.52. The first-order valence-corrected chi connectivity index (χ1v) is 33.4. The first-order valence-electron chi connectivity index (χ1n) is 33.4. The van der Waals surface area contributed by atoms with E-state index in [0.717, 1.165) is 89.9 Å². The van der Waals surface area contributed by atoms with Gasteiger partial charge in [0, 0.05) is 19.3 Å². The number of hydrogen-bond donors (Lipinski definition) is 0. The lowest BCUT2D eigenvalue weighted by atomic mass is 10.0. The summed E-state index contributed by atoms with van der Waals surface area (Å²) >= 11 is 0. The molecule has 0 saturated heterocycles. The zero-order valence-electron chi connectivity index (χ0n) is 51.2. The van der Waals surface area contributed by atoms with Crippen LogP contribution in [0.5, 0.6) is 0 Å². The third kappa shape index (κ3) is 63.6. The predicted octanol–water partition coefficient (Wildman–Crippen LogP) is 22.9. The van der Waals surface area contributed by atoms with E-state index in [-0.39, 0.29) is 31.1 Å². The lowest BCUT2D eigenvalue weighted by Crippen LogP contribution is -2.30. The predicted molar refractivity (Wildman–Crippen MR) is 335 cm³/mol. The van der Waals surface area contributed by atoms with Gasteiger partial charge in [-0.05, 0) is 89.9 Å². The van der Waals surface area contributed by atoms with Gasteiger partial charge in [0.2, 0.25) is 0 Å². The molecule has 0 aromatic rings. The molecule has 0 saturated carbocycles. The average Bonchev–Trinajstić information content (AvgIpc) is 3.43. The highest BCUT2D eigenvalue weighted by Gasteiger charge is 2.19. The minimum absolute atomic E-state index is 0.0729. The van der Waals surface area contributed by atoms with Crippen molar-refractivity contribution in [2.24, 2.45) is 0 Å². The van der Waals surface area contributed by atoms with Gasteiger partial charge in [0.15, 0.2) is 6.10 Å². The van der Waals surface area contributed by atoms with Crippen LogP contribution in [0.3, 0.4) is 0 Å². The van der Waals surface area contributed by atoms with E-state index in [2.05, 4.69) is 93.7 Å². The van der Waals surface area contributed by atoms with Gasteiger partial charge >= 0.3 is 17.9 Å². The maximum Gasteiger partial charge on any atom is 0.306 e. The van der Waals surface area contributed by atoms with Gasteiger partial charge in [-0.3, -0.25) is 14.4 Å². The second-order valence-electron chi connectivity index (χ2n) is 22.4. The van der Waals surface area contributed by atoms with Crippen LogP contribution in [-0.4, -0.2) is 37.2 Å². The quantitative estimate of drug-likeness (QED) is 0.0261. The van der Waals surface area contributed by atoms with E-state index in [4.69, 9.17) is 14.2 Å². The Morgan fingerprint density at radius 1 is 0.273 bits per heavy atom. The van der Waals surface area contributed by atoms with Crippen LogP contribution in [0.25, 0.3) is 0 Å². The Bertz CT molecular complexity index is 1420. The Labute approximate surface area is 478 Å². The summed E-state index contributed by atoms with van der Waals surface area (Å²) in [5.41, 5.74) is 0. The molecule has 0 N–H and O–H groups in total. The van der Waals surface area contributed by atoms with Gasteiger partial charge in [0.1, 0.15) is 13.2 Å². The van der Waals surface area contributed by atoms with Crippen molar-refractivity contribution >= 4 is 17.9 Å². The molecule has 0 heterocycles. The molecule has 446 valence electrons. The molecule has 0 aliphatic carbocycles. The SMILES string of the molecule is CC/C=C\C/C=C\C/C=C\C/C=C\C/C=C\CCCCCCCCCCCCCC(=O)OCC(COC(=O)CCCCCCCCC)OC(=O)CCCCCCCCCCCCCCC/C=C\CCCCCCCCCC. The van der Waals surface area contributed by atoms with Crippen molar-refractivity contribution in [1.82, 2.24) is 0 Å². The fourth-order valence-corrected chi connectivity index (χ4v) is 9.70. The number of carbonyl (C=O) groups excluding carboxylic acids is 3. The molecule has 0 aliphatic rings. The van der Waals surface area contributed by atoms with Crippen LogP contribution >= 0.6 is 0 Å². The van der Waals surface area contributed by atoms with Crippen LogP contribution in [0.4, 0.5) is 0 Å². The van der Waals surface area contributed by atoms with Gasteiger partial charge in [0.25, 0.3) is 0 Å². The zero-order chi connectivity index (χ0) is 55.7. The van der Waals surface area contributed by atoms with Gasteiger partial charge in [-0.15, -0.1) is 0 Å². The first kappa shape index (κ1) is 73.8. The highest BCUT2D eigenvalue weighted by Crippen LogP contribution is 2.17. The fraction of sp³-hybridized carbons (Fsp3) is 0.789. The molecule has 0 aromatic heterocycles. The number of hydrogen-bond acceptors (Lipinski definition) is 6. The van der Waals surface area contributed by atoms with E-state index in [1.54, 1.807) is 0 Å². The number of ether oxygens (including phenoxy) is 3. The van der Waals surface area contributed by atoms with E-state index < -0.39 is 6.10 Å². The molecule has 6 heteroatoms. The van der Waals surface area contributed by atoms with Crippen molar-refractivity contribution in [2.45, 2.75) is 348 Å². The number of rotatable bonds is 61. The summed E-state index contributed by atoms with van der Waals surface area (Å²) in [5, 5.41) is 0. The van der Waals surface area contributed by atoms with E-state index in [1.807, 2.05) is 0 Å². The van der Waals surface area contributed by atoms with Crippen molar-refractivity contribution in [3.8, 4) is 0 Å². The van der Waals surface area contributed by atoms with Crippen LogP contribution < -0.4 is 0 Å². The Balaban J connectivity index is 4.10. The molecule has 0 aromatic carbocycles. The third-order valence-corrected chi connectivity index (χ3v) is 14.7. The molecule has 0 radical (unpaired) electrons. The van der Waals surface area contributed by atoms with Gasteiger partial charge in [-0.1, -0.05) is 306 Å². The Morgan fingerprint density at radius 2 is 0.506 bits per heavy atom. The molecule has 0 aliphatic heterocycles. The molecular weight excluding hydrogens is 949 g/mol. The summed E-state index contributed by atoms with van der Waals surface area (Å²) in [5.74, 6) is -0.867. The monoisotopic (exact) mass is 1070 g/mol. The van der Waals surface area contributed by atoms with E-state index in [0.29, 0.717) is 19.3 Å². The van der Waals surface area contributed by atoms with Crippen molar-refractivity contribution in [3.63, 3.8) is 0 Å². The molecular formula is C71H126O6. The second kappa shape index (κ2) is 65.4. The molecule has 0 bridgehead atoms. The van der Waals surface area contributed by atoms with Gasteiger partial charge in [-0.25, -0.2) is 0 Å². The topological polar surface area (TPSA) is 78.9 Å². The van der Waals surface area contributed by atoms with Crippen LogP contribution in [-0.2, 0) is 28.6 Å². The fourth-order valence-electron chi connectivity index (χ4n) is 9.70. The van der Waals surface area contributed by atoms with Gasteiger partial charge in [0.05, 0.1) is 0 Å². The highest BCUT2D eigenvalue weighted by atomic mass is 16.6. The largest absolute Gasteiger partial charge is 0.462 e. The van der Waals surface area contributed by atoms with Gasteiger partial charge in [-0.2, -0.15) is 0 Å². The van der Waals surface area contributed by atoms with Crippen LogP contribution in [0, 0.1) is 0 Å². The van der Waals surface area contributed by atoms with Crippen molar-refractivity contribution in [3.05, 3.63) is 72.9 Å². The van der Waals surface area contributed by atoms with Gasteiger partial charge < -0.3 is 14.2 Å². The number of allylic oxidation sites excluding steroid dienone is 12. The molecule has 6 nitrogen and oxygen atoms in total. The maximum atomic E-state index is 12.9. The van der Waals surface area contributed by atoms with E-state index in [9.17, 15) is 14.4 Å². The Kier molecular flexibility index (Phi) is 62.7. The van der Waals surface area contributed by atoms with E-state index >= 15 is 0 Å². The summed E-state index contributed by atoms with van der Waals surface area (Å²) in [7, 11) is 0. The summed E-state index contributed by atoms with van der Waals surface area (Å²) in [6.07, 6.45) is 85.2. The Morgan fingerprint density at radius 3 is 0.805 bits per heavy atom. The number of esters is 3. The highest BCUT2D eigenvalue weighted by molar-refractivity contribution is 5.71. The average molecular weight is 1080 g/mol. The summed E-state index contributed by atoms with van der Waals surface area (Å²) in [4.78, 5) is 38.1. The molecule has 1 atom stereocenters. The maximum absolute atomic E-state index is 12.9. The third-order valence-electron chi connectivity index (χ3n) is 14.7. The first-order chi connectivity index (χ1) is 38.0. The van der Waals surface area contributed by atoms with Crippen molar-refractivity contribution in [2.75, 3.05) is 13.2 Å². The number of unbranched alkanes of at least 4 members (excludes halogenated alkanes) is 38. The van der Waals surface area contributed by atoms with Crippen molar-refractivity contribution < 1.29 is 28.6 Å². The van der Waals surface area contributed by atoms with Crippen molar-refractivity contribution in [1.29, 1.82) is 0 Å². The summed E-state index contributed by atoms with van der Waals surface area (Å²) < 4.78 is 16.9. The van der Waals surface area contributed by atoms with Crippen LogP contribution in [0.2, 0.25) is 0 Å². The number of carbonyl (C=O) groups is 3. The molecule has 0 fully saturated rings. The standard InChI is InChI=1S/C71H126O6/c1-4-7-10-13-16-18-20-22-24-26-28-30-32-34-35-37-38-40-42-44-46-48-50-52-55-58-61-64-70(73)76-67-68(66-75-69(72)63-60-57-54-15-12-9-6-3)77-71(74)65-62-59-56-53-51-49-47-45-43-41-39-36-33-31-29-27-25-23-21-19-17-14-11-8-5-2/h7,10,16,18,22,24,27-30,34-35,68H,4-6,8-9,11-15,17,19-21,23,25-26,31-33,36-67H2,1-3H3/b10-7-,18-16-,24-22-,29-27-,30-28-,35-34-. The molecule has 0 spiro atoms. The van der Waals surface area contributed by atoms with Crippen LogP contribution in [0.1, 0.15) is 342 Å². The van der Waals surface area contributed by atoms with Crippen LogP contribution in [0.15, 0.2) is 72.9 Å². The molecule has 77 heavy (non-hydrogen) atoms. The molecule has 0 amide bonds. The minimum atomic E-state index is -0.773. The van der Waals surface area contributed by atoms with E-state index in [1.165, 1.54) is 212 Å². The smallest absolute Gasteiger partial charge is 0.306 e. The molecule has 1 unspecified atom stereocenters.